The number of benzene rings is 4. The summed E-state index contributed by atoms with van der Waals surface area (Å²) in [5.41, 5.74) is 0.780. The van der Waals surface area contributed by atoms with Crippen molar-refractivity contribution in [3.8, 4) is 5.75 Å². The first-order chi connectivity index (χ1) is 17.3. The maximum Gasteiger partial charge on any atom is 0.412 e. The molecule has 0 radical (unpaired) electrons. The number of ether oxygens (including phenoxy) is 2. The number of thiol groups is 1. The summed E-state index contributed by atoms with van der Waals surface area (Å²) in [6.45, 7) is 4.07. The molecule has 0 spiro atoms. The number of phenolic OH excluding ortho intramolecular Hbond substituents is 1. The number of amides is 1. The van der Waals surface area contributed by atoms with Crippen molar-refractivity contribution in [1.29, 1.82) is 0 Å². The zero-order valence-electron chi connectivity index (χ0n) is 20.2. The van der Waals surface area contributed by atoms with E-state index in [0.717, 1.165) is 21.7 Å². The summed E-state index contributed by atoms with van der Waals surface area (Å²) in [6, 6.07) is 24.3. The predicted molar refractivity (Wildman–Crippen MR) is 146 cm³/mol. The van der Waals surface area contributed by atoms with Crippen molar-refractivity contribution in [2.24, 2.45) is 5.41 Å². The van der Waals surface area contributed by atoms with Gasteiger partial charge in [0.1, 0.15) is 11.9 Å². The van der Waals surface area contributed by atoms with Crippen molar-refractivity contribution in [2.45, 2.75) is 26.4 Å². The highest BCUT2D eigenvalue weighted by atomic mass is 32.1. The second-order valence-electron chi connectivity index (χ2n) is 9.27. The Labute approximate surface area is 215 Å². The van der Waals surface area contributed by atoms with Gasteiger partial charge in [0.25, 0.3) is 0 Å². The van der Waals surface area contributed by atoms with Crippen LogP contribution in [0.4, 0.5) is 10.5 Å². The molecular weight excluding hydrogens is 474 g/mol. The number of aromatic hydroxyl groups is 1. The highest BCUT2D eigenvalue weighted by Gasteiger charge is 2.36. The van der Waals surface area contributed by atoms with Gasteiger partial charge in [0.15, 0.2) is 0 Å². The van der Waals surface area contributed by atoms with Gasteiger partial charge < -0.3 is 14.6 Å². The van der Waals surface area contributed by atoms with Gasteiger partial charge in [-0.25, -0.2) is 4.79 Å². The zero-order chi connectivity index (χ0) is 25.7. The lowest BCUT2D eigenvalue weighted by Gasteiger charge is -2.35. The molecule has 0 unspecified atom stereocenters. The second-order valence-corrected chi connectivity index (χ2v) is 9.59. The van der Waals surface area contributed by atoms with Gasteiger partial charge >= 0.3 is 12.1 Å². The van der Waals surface area contributed by atoms with E-state index in [0.29, 0.717) is 17.5 Å². The average molecular weight is 504 g/mol. The minimum absolute atomic E-state index is 0.00358. The largest absolute Gasteiger partial charge is 0.507 e. The predicted octanol–water partition coefficient (Wildman–Crippen LogP) is 6.88. The third-order valence-electron chi connectivity index (χ3n) is 6.32. The van der Waals surface area contributed by atoms with Gasteiger partial charge in [-0.05, 0) is 29.3 Å². The van der Waals surface area contributed by atoms with Crippen molar-refractivity contribution >= 4 is 51.9 Å². The Balaban J connectivity index is 1.67. The van der Waals surface area contributed by atoms with Crippen LogP contribution in [0.1, 0.15) is 31.9 Å². The van der Waals surface area contributed by atoms with Crippen molar-refractivity contribution in [1.82, 2.24) is 0 Å². The van der Waals surface area contributed by atoms with Gasteiger partial charge in [-0.15, -0.1) is 0 Å². The van der Waals surface area contributed by atoms with E-state index in [1.807, 2.05) is 80.6 Å². The van der Waals surface area contributed by atoms with E-state index >= 15 is 0 Å². The number of nitrogens with one attached hydrogen (secondary N) is 1. The monoisotopic (exact) mass is 503 g/mol. The molecule has 4 aromatic carbocycles. The molecule has 0 bridgehead atoms. The SMILES string of the molecule is CC(C)(CCOC(=O)CS)[C@@H](OC(=O)Nc1cccc2ccccc12)c1ccc(O)c2ccccc12. The van der Waals surface area contributed by atoms with Crippen LogP contribution in [0, 0.1) is 5.41 Å². The Morgan fingerprint density at radius 1 is 0.917 bits per heavy atom. The van der Waals surface area contributed by atoms with Crippen molar-refractivity contribution in [2.75, 3.05) is 17.7 Å². The quantitative estimate of drug-likeness (QED) is 0.180. The summed E-state index contributed by atoms with van der Waals surface area (Å²) in [6.07, 6.45) is -0.866. The molecular formula is C29H29NO5S. The number of rotatable bonds is 8. The summed E-state index contributed by atoms with van der Waals surface area (Å²) < 4.78 is 11.4. The molecule has 0 aliphatic rings. The highest BCUT2D eigenvalue weighted by Crippen LogP contribution is 2.43. The fraction of sp³-hybridized carbons (Fsp3) is 0.241. The van der Waals surface area contributed by atoms with Gasteiger partial charge in [-0.3, -0.25) is 10.1 Å². The molecule has 36 heavy (non-hydrogen) atoms. The second kappa shape index (κ2) is 10.9. The van der Waals surface area contributed by atoms with Gasteiger partial charge in [0.2, 0.25) is 0 Å². The number of esters is 1. The molecule has 0 fully saturated rings. The number of anilines is 1. The first-order valence-corrected chi connectivity index (χ1v) is 12.4. The smallest absolute Gasteiger partial charge is 0.412 e. The number of carbonyl (C=O) groups is 2. The molecule has 6 nitrogen and oxygen atoms in total. The van der Waals surface area contributed by atoms with Crippen LogP contribution < -0.4 is 5.32 Å². The lowest BCUT2D eigenvalue weighted by molar-refractivity contribution is -0.141. The van der Waals surface area contributed by atoms with E-state index in [9.17, 15) is 14.7 Å². The van der Waals surface area contributed by atoms with E-state index in [1.165, 1.54) is 0 Å². The van der Waals surface area contributed by atoms with Gasteiger partial charge in [0.05, 0.1) is 18.0 Å². The first-order valence-electron chi connectivity index (χ1n) is 11.7. The van der Waals surface area contributed by atoms with Crippen LogP contribution in [-0.2, 0) is 14.3 Å². The standard InChI is InChI=1S/C29H29NO5S/c1-29(2,16-17-34-26(32)18-36)27(23-14-15-25(31)22-12-6-5-11-21(22)23)35-28(33)30-24-13-7-9-19-8-3-4-10-20(19)24/h3-15,27,31,36H,16-18H2,1-2H3,(H,30,33)/t27-/m0/s1. The topological polar surface area (TPSA) is 84.9 Å². The Morgan fingerprint density at radius 3 is 2.33 bits per heavy atom. The maximum absolute atomic E-state index is 13.2. The molecule has 1 amide bonds. The Kier molecular flexibility index (Phi) is 7.70. The molecule has 0 heterocycles. The highest BCUT2D eigenvalue weighted by molar-refractivity contribution is 7.81. The molecule has 0 saturated carbocycles. The van der Waals surface area contributed by atoms with Gasteiger partial charge in [-0.2, -0.15) is 12.6 Å². The molecule has 0 saturated heterocycles. The van der Waals surface area contributed by atoms with Crippen molar-refractivity contribution < 1.29 is 24.2 Å². The molecule has 7 heteroatoms. The fourth-order valence-electron chi connectivity index (χ4n) is 4.36. The van der Waals surface area contributed by atoms with Gasteiger partial charge in [0, 0.05) is 21.8 Å². The van der Waals surface area contributed by atoms with Crippen LogP contribution in [0.15, 0.2) is 78.9 Å². The molecule has 4 rings (SSSR count). The third-order valence-corrected chi connectivity index (χ3v) is 6.58. The minimum atomic E-state index is -0.701. The summed E-state index contributed by atoms with van der Waals surface area (Å²) in [5, 5.41) is 16.6. The molecule has 1 atom stereocenters. The Morgan fingerprint density at radius 2 is 1.58 bits per heavy atom. The molecule has 0 aliphatic carbocycles. The van der Waals surface area contributed by atoms with Crippen LogP contribution in [-0.4, -0.2) is 29.5 Å². The van der Waals surface area contributed by atoms with Crippen LogP contribution in [0.5, 0.6) is 5.75 Å². The molecule has 4 aromatic rings. The van der Waals surface area contributed by atoms with E-state index in [1.54, 1.807) is 12.1 Å². The number of hydrogen-bond acceptors (Lipinski definition) is 6. The average Bonchev–Trinajstić information content (AvgIpc) is 2.88. The van der Waals surface area contributed by atoms with Crippen molar-refractivity contribution in [3.05, 3.63) is 84.4 Å². The van der Waals surface area contributed by atoms with E-state index < -0.39 is 23.6 Å². The summed E-state index contributed by atoms with van der Waals surface area (Å²) in [4.78, 5) is 24.9. The number of hydrogen-bond donors (Lipinski definition) is 3. The van der Waals surface area contributed by atoms with E-state index in [2.05, 4.69) is 17.9 Å². The molecule has 2 N–H and O–H groups in total. The van der Waals surface area contributed by atoms with E-state index in [-0.39, 0.29) is 18.1 Å². The summed E-state index contributed by atoms with van der Waals surface area (Å²) >= 11 is 3.95. The summed E-state index contributed by atoms with van der Waals surface area (Å²) in [7, 11) is 0. The molecule has 186 valence electrons. The molecule has 0 aromatic heterocycles. The van der Waals surface area contributed by atoms with Crippen LogP contribution in [0.2, 0.25) is 0 Å². The Hall–Kier alpha value is -3.71. The lowest BCUT2D eigenvalue weighted by atomic mass is 9.78. The minimum Gasteiger partial charge on any atom is -0.507 e. The number of carbonyl (C=O) groups excluding carboxylic acids is 2. The lowest BCUT2D eigenvalue weighted by Crippen LogP contribution is -2.30. The normalized spacial score (nSPS) is 12.3. The van der Waals surface area contributed by atoms with Gasteiger partial charge in [-0.1, -0.05) is 80.6 Å². The third kappa shape index (κ3) is 5.57. The maximum atomic E-state index is 13.2. The Bertz CT molecular complexity index is 1400. The van der Waals surface area contributed by atoms with E-state index in [4.69, 9.17) is 9.47 Å². The van der Waals surface area contributed by atoms with Crippen LogP contribution in [0.25, 0.3) is 21.5 Å². The van der Waals surface area contributed by atoms with Crippen LogP contribution >= 0.6 is 12.6 Å². The van der Waals surface area contributed by atoms with Crippen LogP contribution in [0.3, 0.4) is 0 Å². The number of phenols is 1. The fourth-order valence-corrected chi connectivity index (χ4v) is 4.46. The molecule has 0 aliphatic heterocycles. The zero-order valence-corrected chi connectivity index (χ0v) is 21.1. The summed E-state index contributed by atoms with van der Waals surface area (Å²) in [5.74, 6) is -0.264. The van der Waals surface area contributed by atoms with Crippen molar-refractivity contribution in [3.63, 3.8) is 0 Å². The number of fused-ring (bicyclic) bond motifs is 2. The first kappa shape index (κ1) is 25.4.